The fraction of sp³-hybridized carbons (Fsp3) is 0.500. The van der Waals surface area contributed by atoms with E-state index in [0.717, 1.165) is 37.6 Å². The van der Waals surface area contributed by atoms with Crippen molar-refractivity contribution in [3.05, 3.63) is 23.8 Å². The third kappa shape index (κ3) is 2.04. The highest BCUT2D eigenvalue weighted by molar-refractivity contribution is 5.93. The summed E-state index contributed by atoms with van der Waals surface area (Å²) in [6.45, 7) is 3.55. The van der Waals surface area contributed by atoms with Crippen LogP contribution in [0.25, 0.3) is 11.0 Å². The number of hydrogen-bond donors (Lipinski definition) is 3. The molecule has 2 unspecified atom stereocenters. The number of benzene rings is 1. The van der Waals surface area contributed by atoms with Crippen LogP contribution in [-0.2, 0) is 7.05 Å². The molecule has 7 nitrogen and oxygen atoms in total. The lowest BCUT2D eigenvalue weighted by atomic mass is 9.82. The Morgan fingerprint density at radius 2 is 2.35 bits per heavy atom. The second kappa shape index (κ2) is 4.94. The Balaban J connectivity index is 1.72. The molecule has 2 fully saturated rings. The Morgan fingerprint density at radius 1 is 1.52 bits per heavy atom. The predicted octanol–water partition coefficient (Wildman–Crippen LogP) is 0.290. The number of aryl methyl sites for hydroxylation is 1. The molecule has 3 N–H and O–H groups in total. The van der Waals surface area contributed by atoms with E-state index in [-0.39, 0.29) is 17.6 Å². The molecule has 0 bridgehead atoms. The van der Waals surface area contributed by atoms with Crippen LogP contribution in [0.2, 0.25) is 0 Å². The number of aliphatic hydroxyl groups excluding tert-OH is 1. The molecule has 0 radical (unpaired) electrons. The number of carboxylic acid groups (broad SMARTS) is 1. The van der Waals surface area contributed by atoms with Gasteiger partial charge in [-0.1, -0.05) is 0 Å². The molecule has 0 saturated carbocycles. The molecule has 2 aliphatic rings. The molecule has 122 valence electrons. The van der Waals surface area contributed by atoms with Crippen LogP contribution in [0.5, 0.6) is 0 Å². The van der Waals surface area contributed by atoms with Gasteiger partial charge in [-0.3, -0.25) is 0 Å². The van der Waals surface area contributed by atoms with Crippen molar-refractivity contribution in [2.45, 2.75) is 0 Å². The molecule has 2 aromatic rings. The topological polar surface area (TPSA) is 90.6 Å². The molecule has 0 aliphatic carbocycles. The smallest absolute Gasteiger partial charge is 0.335 e. The van der Waals surface area contributed by atoms with E-state index in [0.29, 0.717) is 11.4 Å². The van der Waals surface area contributed by atoms with E-state index in [9.17, 15) is 9.90 Å². The van der Waals surface area contributed by atoms with Crippen molar-refractivity contribution in [1.82, 2.24) is 14.9 Å². The highest BCUT2D eigenvalue weighted by atomic mass is 16.4. The number of rotatable bonds is 3. The number of nitrogens with zero attached hydrogens (tertiary/aromatic N) is 3. The summed E-state index contributed by atoms with van der Waals surface area (Å²) in [6, 6.07) is 5.02. The predicted molar refractivity (Wildman–Crippen MR) is 85.8 cm³/mol. The minimum atomic E-state index is -0.944. The number of carboxylic acids is 1. The van der Waals surface area contributed by atoms with Crippen LogP contribution in [0.3, 0.4) is 0 Å². The van der Waals surface area contributed by atoms with Crippen molar-refractivity contribution in [3.8, 4) is 0 Å². The van der Waals surface area contributed by atoms with Gasteiger partial charge in [-0.2, -0.15) is 0 Å². The summed E-state index contributed by atoms with van der Waals surface area (Å²) in [6.07, 6.45) is 0. The molecule has 0 spiro atoms. The lowest BCUT2D eigenvalue weighted by molar-refractivity contribution is 0.0697. The van der Waals surface area contributed by atoms with Gasteiger partial charge >= 0.3 is 5.97 Å². The number of nitrogens with one attached hydrogen (secondary N) is 1. The van der Waals surface area contributed by atoms with Crippen molar-refractivity contribution < 1.29 is 15.0 Å². The summed E-state index contributed by atoms with van der Waals surface area (Å²) in [7, 11) is 1.95. The fourth-order valence-corrected chi connectivity index (χ4v) is 4.00. The van der Waals surface area contributed by atoms with E-state index < -0.39 is 5.97 Å². The molecule has 1 aromatic heterocycles. The number of hydrogen-bond acceptors (Lipinski definition) is 5. The molecule has 23 heavy (non-hydrogen) atoms. The highest BCUT2D eigenvalue weighted by Crippen LogP contribution is 2.40. The van der Waals surface area contributed by atoms with Gasteiger partial charge in [0.2, 0.25) is 5.95 Å². The van der Waals surface area contributed by atoms with Crippen molar-refractivity contribution in [3.63, 3.8) is 0 Å². The average molecular weight is 316 g/mol. The van der Waals surface area contributed by atoms with Crippen LogP contribution in [0.4, 0.5) is 5.95 Å². The van der Waals surface area contributed by atoms with Crippen molar-refractivity contribution >= 4 is 23.0 Å². The lowest BCUT2D eigenvalue weighted by Crippen LogP contribution is -2.36. The normalized spacial score (nSPS) is 26.9. The number of aliphatic hydroxyl groups is 1. The monoisotopic (exact) mass is 316 g/mol. The summed E-state index contributed by atoms with van der Waals surface area (Å²) in [4.78, 5) is 18.0. The summed E-state index contributed by atoms with van der Waals surface area (Å²) in [5.41, 5.74) is 1.76. The van der Waals surface area contributed by atoms with Crippen LogP contribution in [0.1, 0.15) is 10.4 Å². The Bertz CT molecular complexity index is 787. The largest absolute Gasteiger partial charge is 0.478 e. The second-order valence-electron chi connectivity index (χ2n) is 6.71. The molecule has 7 heteroatoms. The van der Waals surface area contributed by atoms with Gasteiger partial charge in [0.25, 0.3) is 0 Å². The highest BCUT2D eigenvalue weighted by Gasteiger charge is 2.50. The van der Waals surface area contributed by atoms with Crippen LogP contribution in [-0.4, -0.2) is 58.5 Å². The number of aromatic nitrogens is 2. The van der Waals surface area contributed by atoms with Gasteiger partial charge in [-0.05, 0) is 24.1 Å². The first-order chi connectivity index (χ1) is 11.0. The minimum Gasteiger partial charge on any atom is -0.478 e. The third-order valence-corrected chi connectivity index (χ3v) is 5.38. The van der Waals surface area contributed by atoms with E-state index >= 15 is 0 Å². The van der Waals surface area contributed by atoms with E-state index in [1.807, 2.05) is 11.6 Å². The van der Waals surface area contributed by atoms with Gasteiger partial charge in [-0.15, -0.1) is 0 Å². The van der Waals surface area contributed by atoms with Crippen LogP contribution in [0, 0.1) is 11.3 Å². The molecular formula is C16H20N4O3. The Morgan fingerprint density at radius 3 is 3.04 bits per heavy atom. The zero-order valence-electron chi connectivity index (χ0n) is 13.0. The van der Waals surface area contributed by atoms with E-state index in [1.54, 1.807) is 18.2 Å². The Hall–Kier alpha value is -2.12. The SMILES string of the molecule is Cn1c(N2CC3CNCC3(CO)C2)nc2cc(C(=O)O)ccc21. The van der Waals surface area contributed by atoms with Gasteiger partial charge in [0.1, 0.15) is 0 Å². The van der Waals surface area contributed by atoms with Gasteiger partial charge in [0.15, 0.2) is 0 Å². The second-order valence-corrected chi connectivity index (χ2v) is 6.71. The molecule has 2 saturated heterocycles. The lowest BCUT2D eigenvalue weighted by Gasteiger charge is -2.25. The van der Waals surface area contributed by atoms with Crippen LogP contribution < -0.4 is 10.2 Å². The number of fused-ring (bicyclic) bond motifs is 2. The first-order valence-electron chi connectivity index (χ1n) is 7.80. The average Bonchev–Trinajstić information content (AvgIpc) is 3.17. The maximum absolute atomic E-state index is 11.1. The van der Waals surface area contributed by atoms with Gasteiger partial charge < -0.3 is 25.0 Å². The summed E-state index contributed by atoms with van der Waals surface area (Å²) >= 11 is 0. The summed E-state index contributed by atoms with van der Waals surface area (Å²) in [5, 5.41) is 22.3. The molecule has 4 rings (SSSR count). The standard InChI is InChI=1S/C16H20N4O3/c1-19-13-3-2-10(14(22)23)4-12(13)18-15(19)20-6-11-5-17-7-16(11,8-20)9-21/h2-4,11,17,21H,5-9H2,1H3,(H,22,23). The molecule has 2 aliphatic heterocycles. The van der Waals surface area contributed by atoms with Crippen LogP contribution >= 0.6 is 0 Å². The van der Waals surface area contributed by atoms with Crippen molar-refractivity contribution in [1.29, 1.82) is 0 Å². The number of aromatic carboxylic acids is 1. The Labute approximate surface area is 133 Å². The summed E-state index contributed by atoms with van der Waals surface area (Å²) < 4.78 is 2.00. The maximum atomic E-state index is 11.1. The minimum absolute atomic E-state index is 0.0929. The molecular weight excluding hydrogens is 296 g/mol. The van der Waals surface area contributed by atoms with Gasteiger partial charge in [0.05, 0.1) is 23.2 Å². The fourth-order valence-electron chi connectivity index (χ4n) is 4.00. The first kappa shape index (κ1) is 14.5. The third-order valence-electron chi connectivity index (χ3n) is 5.38. The molecule has 2 atom stereocenters. The molecule has 3 heterocycles. The van der Waals surface area contributed by atoms with Crippen molar-refractivity contribution in [2.24, 2.45) is 18.4 Å². The zero-order valence-corrected chi connectivity index (χ0v) is 13.0. The van der Waals surface area contributed by atoms with Crippen molar-refractivity contribution in [2.75, 3.05) is 37.7 Å². The van der Waals surface area contributed by atoms with E-state index in [1.165, 1.54) is 0 Å². The maximum Gasteiger partial charge on any atom is 0.335 e. The summed E-state index contributed by atoms with van der Waals surface area (Å²) in [5.74, 6) is 0.312. The molecule has 0 amide bonds. The number of anilines is 1. The quantitative estimate of drug-likeness (QED) is 0.754. The van der Waals surface area contributed by atoms with Gasteiger partial charge in [0, 0.05) is 38.6 Å². The van der Waals surface area contributed by atoms with Gasteiger partial charge in [-0.25, -0.2) is 9.78 Å². The molecule has 1 aromatic carbocycles. The van der Waals surface area contributed by atoms with E-state index in [4.69, 9.17) is 5.11 Å². The first-order valence-corrected chi connectivity index (χ1v) is 7.80. The Kier molecular flexibility index (Phi) is 3.11. The van der Waals surface area contributed by atoms with E-state index in [2.05, 4.69) is 15.2 Å². The van der Waals surface area contributed by atoms with Crippen LogP contribution in [0.15, 0.2) is 18.2 Å². The number of carbonyl (C=O) groups is 1. The zero-order chi connectivity index (χ0) is 16.2. The number of imidazole rings is 1.